The summed E-state index contributed by atoms with van der Waals surface area (Å²) in [6.45, 7) is 2.15. The van der Waals surface area contributed by atoms with E-state index in [1.165, 1.54) is 34.7 Å². The van der Waals surface area contributed by atoms with Crippen molar-refractivity contribution in [3.05, 3.63) is 47.5 Å². The Hall–Kier alpha value is -1.34. The van der Waals surface area contributed by atoms with Gasteiger partial charge >= 0.3 is 0 Å². The zero-order valence-corrected chi connectivity index (χ0v) is 10.4. The number of benzene rings is 2. The molecule has 1 heteroatoms. The smallest absolute Gasteiger partial charge is 0.0415 e. The van der Waals surface area contributed by atoms with Crippen LogP contribution in [0.5, 0.6) is 0 Å². The molecule has 0 bridgehead atoms. The lowest BCUT2D eigenvalue weighted by molar-refractivity contribution is 0.466. The first-order valence-corrected chi connectivity index (χ1v) is 6.48. The Morgan fingerprint density at radius 3 is 2.59 bits per heavy atom. The highest BCUT2D eigenvalue weighted by atomic mass is 14.8. The highest BCUT2D eigenvalue weighted by molar-refractivity contribution is 5.87. The van der Waals surface area contributed by atoms with Crippen molar-refractivity contribution in [2.45, 2.75) is 38.1 Å². The van der Waals surface area contributed by atoms with E-state index in [0.717, 1.165) is 12.8 Å². The molecule has 0 saturated heterocycles. The molecule has 88 valence electrons. The van der Waals surface area contributed by atoms with E-state index in [0.29, 0.717) is 0 Å². The monoisotopic (exact) mass is 225 g/mol. The standard InChI is InChI=1S/C16H19N/c1-12-7-8-13-5-4-6-15(14(13)11-12)16(17)9-2-3-10-16/h4-8,11H,2-3,9-10,17H2,1H3. The third kappa shape index (κ3) is 1.75. The second-order valence-electron chi connectivity index (χ2n) is 5.39. The molecule has 0 aliphatic heterocycles. The van der Waals surface area contributed by atoms with Crippen molar-refractivity contribution in [2.24, 2.45) is 5.73 Å². The van der Waals surface area contributed by atoms with E-state index in [1.54, 1.807) is 0 Å². The van der Waals surface area contributed by atoms with Crippen molar-refractivity contribution < 1.29 is 0 Å². The first-order chi connectivity index (χ1) is 8.19. The van der Waals surface area contributed by atoms with Gasteiger partial charge in [-0.2, -0.15) is 0 Å². The summed E-state index contributed by atoms with van der Waals surface area (Å²) in [5, 5.41) is 2.65. The first-order valence-electron chi connectivity index (χ1n) is 6.48. The lowest BCUT2D eigenvalue weighted by atomic mass is 9.85. The molecule has 1 aliphatic carbocycles. The summed E-state index contributed by atoms with van der Waals surface area (Å²) >= 11 is 0. The van der Waals surface area contributed by atoms with Gasteiger partial charge in [-0.1, -0.05) is 54.8 Å². The Balaban J connectivity index is 2.25. The molecule has 1 aliphatic rings. The molecule has 0 unspecified atom stereocenters. The maximum atomic E-state index is 6.60. The van der Waals surface area contributed by atoms with Crippen molar-refractivity contribution in [3.8, 4) is 0 Å². The molecule has 2 aromatic carbocycles. The van der Waals surface area contributed by atoms with Crippen LogP contribution >= 0.6 is 0 Å². The van der Waals surface area contributed by atoms with Crippen molar-refractivity contribution in [3.63, 3.8) is 0 Å². The van der Waals surface area contributed by atoms with E-state index in [9.17, 15) is 0 Å². The normalized spacial score (nSPS) is 18.7. The van der Waals surface area contributed by atoms with Crippen molar-refractivity contribution in [1.29, 1.82) is 0 Å². The van der Waals surface area contributed by atoms with Gasteiger partial charge in [0.1, 0.15) is 0 Å². The predicted molar refractivity (Wildman–Crippen MR) is 73.0 cm³/mol. The Morgan fingerprint density at radius 1 is 1.06 bits per heavy atom. The molecule has 3 rings (SSSR count). The van der Waals surface area contributed by atoms with E-state index in [1.807, 2.05) is 0 Å². The lowest BCUT2D eigenvalue weighted by Gasteiger charge is -2.26. The molecule has 1 fully saturated rings. The molecule has 0 spiro atoms. The van der Waals surface area contributed by atoms with Crippen LogP contribution in [0.15, 0.2) is 36.4 Å². The molecule has 1 saturated carbocycles. The van der Waals surface area contributed by atoms with Crippen molar-refractivity contribution in [2.75, 3.05) is 0 Å². The molecule has 1 nitrogen and oxygen atoms in total. The summed E-state index contributed by atoms with van der Waals surface area (Å²) in [4.78, 5) is 0. The van der Waals surface area contributed by atoms with Crippen LogP contribution in [0.3, 0.4) is 0 Å². The Bertz CT molecular complexity index is 550. The van der Waals surface area contributed by atoms with Crippen LogP contribution in [-0.2, 0) is 5.54 Å². The Labute approximate surface area is 103 Å². The van der Waals surface area contributed by atoms with E-state index in [-0.39, 0.29) is 5.54 Å². The summed E-state index contributed by atoms with van der Waals surface area (Å²) in [7, 11) is 0. The third-order valence-corrected chi connectivity index (χ3v) is 4.07. The van der Waals surface area contributed by atoms with Gasteiger partial charge in [0.2, 0.25) is 0 Å². The van der Waals surface area contributed by atoms with Gasteiger partial charge in [-0.05, 0) is 36.1 Å². The fourth-order valence-electron chi connectivity index (χ4n) is 3.10. The van der Waals surface area contributed by atoms with Gasteiger partial charge in [0.05, 0.1) is 0 Å². The number of rotatable bonds is 1. The van der Waals surface area contributed by atoms with Gasteiger partial charge in [0, 0.05) is 5.54 Å². The number of hydrogen-bond donors (Lipinski definition) is 1. The quantitative estimate of drug-likeness (QED) is 0.783. The second-order valence-corrected chi connectivity index (χ2v) is 5.39. The molecule has 0 heterocycles. The van der Waals surface area contributed by atoms with E-state index >= 15 is 0 Å². The van der Waals surface area contributed by atoms with Crippen LogP contribution in [0.25, 0.3) is 10.8 Å². The molecular weight excluding hydrogens is 206 g/mol. The number of fused-ring (bicyclic) bond motifs is 1. The van der Waals surface area contributed by atoms with Gasteiger partial charge in [0.25, 0.3) is 0 Å². The zero-order chi connectivity index (χ0) is 11.9. The Morgan fingerprint density at radius 2 is 1.82 bits per heavy atom. The van der Waals surface area contributed by atoms with Gasteiger partial charge in [-0.15, -0.1) is 0 Å². The van der Waals surface area contributed by atoms with E-state index in [4.69, 9.17) is 5.73 Å². The van der Waals surface area contributed by atoms with E-state index < -0.39 is 0 Å². The first kappa shape index (κ1) is 10.8. The number of hydrogen-bond acceptors (Lipinski definition) is 1. The minimum absolute atomic E-state index is 0.0900. The van der Waals surface area contributed by atoms with Gasteiger partial charge < -0.3 is 5.73 Å². The average molecular weight is 225 g/mol. The molecule has 2 aromatic rings. The van der Waals surface area contributed by atoms with Gasteiger partial charge in [-0.25, -0.2) is 0 Å². The molecule has 0 radical (unpaired) electrons. The summed E-state index contributed by atoms with van der Waals surface area (Å²) in [5.74, 6) is 0. The largest absolute Gasteiger partial charge is 0.321 e. The number of nitrogens with two attached hydrogens (primary N) is 1. The van der Waals surface area contributed by atoms with Crippen molar-refractivity contribution in [1.82, 2.24) is 0 Å². The fourth-order valence-corrected chi connectivity index (χ4v) is 3.10. The molecule has 0 aromatic heterocycles. The fraction of sp³-hybridized carbons (Fsp3) is 0.375. The third-order valence-electron chi connectivity index (χ3n) is 4.07. The maximum absolute atomic E-state index is 6.60. The topological polar surface area (TPSA) is 26.0 Å². The molecule has 0 atom stereocenters. The molecule has 0 amide bonds. The van der Waals surface area contributed by atoms with E-state index in [2.05, 4.69) is 43.3 Å². The Kier molecular flexibility index (Phi) is 2.44. The van der Waals surface area contributed by atoms with Crippen LogP contribution in [0, 0.1) is 6.92 Å². The highest BCUT2D eigenvalue weighted by Gasteiger charge is 2.32. The summed E-state index contributed by atoms with van der Waals surface area (Å²) in [6, 6.07) is 13.2. The molecular formula is C16H19N. The van der Waals surface area contributed by atoms with Gasteiger partial charge in [-0.3, -0.25) is 0 Å². The lowest BCUT2D eigenvalue weighted by Crippen LogP contribution is -2.33. The minimum atomic E-state index is -0.0900. The molecule has 17 heavy (non-hydrogen) atoms. The summed E-state index contributed by atoms with van der Waals surface area (Å²) in [5.41, 5.74) is 9.16. The average Bonchev–Trinajstić information content (AvgIpc) is 2.76. The maximum Gasteiger partial charge on any atom is 0.0415 e. The van der Waals surface area contributed by atoms with Crippen LogP contribution in [0.2, 0.25) is 0 Å². The minimum Gasteiger partial charge on any atom is -0.321 e. The number of aryl methyl sites for hydroxylation is 1. The summed E-state index contributed by atoms with van der Waals surface area (Å²) in [6.07, 6.45) is 4.78. The SMILES string of the molecule is Cc1ccc2cccc(C3(N)CCCC3)c2c1. The second kappa shape index (κ2) is 3.85. The van der Waals surface area contributed by atoms with Gasteiger partial charge in [0.15, 0.2) is 0 Å². The zero-order valence-electron chi connectivity index (χ0n) is 10.4. The van der Waals surface area contributed by atoms with Crippen LogP contribution in [0.1, 0.15) is 36.8 Å². The summed E-state index contributed by atoms with van der Waals surface area (Å²) < 4.78 is 0. The van der Waals surface area contributed by atoms with Crippen molar-refractivity contribution >= 4 is 10.8 Å². The van der Waals surface area contributed by atoms with Crippen LogP contribution in [0.4, 0.5) is 0 Å². The highest BCUT2D eigenvalue weighted by Crippen LogP contribution is 2.39. The van der Waals surface area contributed by atoms with Crippen LogP contribution in [-0.4, -0.2) is 0 Å². The van der Waals surface area contributed by atoms with Crippen LogP contribution < -0.4 is 5.73 Å². The molecule has 2 N–H and O–H groups in total. The predicted octanol–water partition coefficient (Wildman–Crippen LogP) is 3.88.